The van der Waals surface area contributed by atoms with Crippen LogP contribution in [-0.2, 0) is 6.42 Å². The van der Waals surface area contributed by atoms with Gasteiger partial charge in [0.1, 0.15) is 5.82 Å². The molecule has 1 heterocycles. The van der Waals surface area contributed by atoms with E-state index in [0.717, 1.165) is 25.9 Å². The van der Waals surface area contributed by atoms with Crippen molar-refractivity contribution in [2.45, 2.75) is 19.3 Å². The van der Waals surface area contributed by atoms with Gasteiger partial charge >= 0.3 is 0 Å². The zero-order valence-corrected chi connectivity index (χ0v) is 12.0. The number of ether oxygens (including phenoxy) is 2. The first-order valence-corrected chi connectivity index (χ1v) is 6.84. The quantitative estimate of drug-likeness (QED) is 0.923. The fourth-order valence-electron chi connectivity index (χ4n) is 2.58. The molecule has 5 heteroatoms. The number of halogens is 2. The molecule has 1 atom stereocenters. The lowest BCUT2D eigenvalue weighted by molar-refractivity contribution is 0.338. The fourth-order valence-corrected chi connectivity index (χ4v) is 2.80. The summed E-state index contributed by atoms with van der Waals surface area (Å²) in [4.78, 5) is 0. The van der Waals surface area contributed by atoms with Crippen LogP contribution in [0.3, 0.4) is 0 Å². The highest BCUT2D eigenvalue weighted by Gasteiger charge is 2.22. The number of nitrogens with one attached hydrogen (secondary N) is 1. The molecule has 1 aliphatic heterocycles. The predicted molar refractivity (Wildman–Crippen MR) is 73.8 cm³/mol. The van der Waals surface area contributed by atoms with Gasteiger partial charge in [0.15, 0.2) is 11.5 Å². The first kappa shape index (κ1) is 14.4. The van der Waals surface area contributed by atoms with E-state index in [0.29, 0.717) is 29.4 Å². The first-order chi connectivity index (χ1) is 9.17. The lowest BCUT2D eigenvalue weighted by Crippen LogP contribution is -2.31. The van der Waals surface area contributed by atoms with Gasteiger partial charge in [0.25, 0.3) is 0 Å². The molecule has 106 valence electrons. The van der Waals surface area contributed by atoms with E-state index in [1.807, 2.05) is 0 Å². The van der Waals surface area contributed by atoms with Crippen LogP contribution in [0.4, 0.5) is 4.39 Å². The van der Waals surface area contributed by atoms with Gasteiger partial charge in [-0.2, -0.15) is 0 Å². The number of rotatable bonds is 4. The maximum Gasteiger partial charge on any atom is 0.165 e. The van der Waals surface area contributed by atoms with E-state index in [2.05, 4.69) is 5.32 Å². The molecule has 1 aromatic rings. The molecule has 0 spiro atoms. The minimum absolute atomic E-state index is 0.142. The van der Waals surface area contributed by atoms with Crippen LogP contribution in [0.2, 0.25) is 5.02 Å². The zero-order valence-electron chi connectivity index (χ0n) is 11.3. The number of benzene rings is 1. The molecule has 1 unspecified atom stereocenters. The fraction of sp³-hybridized carbons (Fsp3) is 0.571. The van der Waals surface area contributed by atoms with E-state index < -0.39 is 5.82 Å². The lowest BCUT2D eigenvalue weighted by atomic mass is 9.91. The average Bonchev–Trinajstić information content (AvgIpc) is 2.44. The second-order valence-electron chi connectivity index (χ2n) is 4.80. The summed E-state index contributed by atoms with van der Waals surface area (Å²) in [7, 11) is 3.05. The highest BCUT2D eigenvalue weighted by molar-refractivity contribution is 6.31. The maximum absolute atomic E-state index is 13.8. The van der Waals surface area contributed by atoms with Gasteiger partial charge in [-0.1, -0.05) is 11.6 Å². The largest absolute Gasteiger partial charge is 0.493 e. The summed E-state index contributed by atoms with van der Waals surface area (Å²) in [6.07, 6.45) is 2.95. The summed E-state index contributed by atoms with van der Waals surface area (Å²) in [6.45, 7) is 1.98. The Morgan fingerprint density at radius 3 is 2.79 bits per heavy atom. The van der Waals surface area contributed by atoms with Crippen molar-refractivity contribution in [2.24, 2.45) is 5.92 Å². The Bertz CT molecular complexity index is 448. The molecular weight excluding hydrogens is 269 g/mol. The zero-order chi connectivity index (χ0) is 13.8. The molecule has 0 radical (unpaired) electrons. The second-order valence-corrected chi connectivity index (χ2v) is 5.18. The molecule has 0 aromatic heterocycles. The number of methoxy groups -OCH3 is 2. The third-order valence-corrected chi connectivity index (χ3v) is 3.95. The predicted octanol–water partition coefficient (Wildman–Crippen LogP) is 3.04. The Kier molecular flexibility index (Phi) is 4.88. The van der Waals surface area contributed by atoms with Gasteiger partial charge in [-0.3, -0.25) is 0 Å². The Morgan fingerprint density at radius 1 is 1.42 bits per heavy atom. The van der Waals surface area contributed by atoms with Crippen molar-refractivity contribution < 1.29 is 13.9 Å². The van der Waals surface area contributed by atoms with Crippen LogP contribution in [0, 0.1) is 11.7 Å². The highest BCUT2D eigenvalue weighted by Crippen LogP contribution is 2.39. The van der Waals surface area contributed by atoms with Crippen LogP contribution in [0.15, 0.2) is 6.07 Å². The van der Waals surface area contributed by atoms with Crippen LogP contribution >= 0.6 is 11.6 Å². The Hall–Kier alpha value is -1.00. The average molecular weight is 288 g/mol. The summed E-state index contributed by atoms with van der Waals surface area (Å²) in [6, 6.07) is 1.27. The summed E-state index contributed by atoms with van der Waals surface area (Å²) >= 11 is 6.09. The third-order valence-electron chi connectivity index (χ3n) is 3.55. The molecule has 2 rings (SSSR count). The van der Waals surface area contributed by atoms with E-state index in [-0.39, 0.29) is 5.02 Å². The monoisotopic (exact) mass is 287 g/mol. The second kappa shape index (κ2) is 6.44. The number of hydrogen-bond donors (Lipinski definition) is 1. The molecule has 1 aliphatic rings. The minimum atomic E-state index is -0.460. The molecule has 1 N–H and O–H groups in total. The van der Waals surface area contributed by atoms with E-state index in [4.69, 9.17) is 21.1 Å². The Balaban J connectivity index is 2.33. The molecule has 0 saturated carbocycles. The third kappa shape index (κ3) is 3.12. The number of hydrogen-bond acceptors (Lipinski definition) is 3. The highest BCUT2D eigenvalue weighted by atomic mass is 35.5. The summed E-state index contributed by atoms with van der Waals surface area (Å²) < 4.78 is 24.3. The number of piperidine rings is 1. The van der Waals surface area contributed by atoms with Gasteiger partial charge in [-0.15, -0.1) is 0 Å². The topological polar surface area (TPSA) is 30.5 Å². The van der Waals surface area contributed by atoms with Gasteiger partial charge in [0, 0.05) is 11.6 Å². The van der Waals surface area contributed by atoms with Crippen LogP contribution in [-0.4, -0.2) is 27.3 Å². The van der Waals surface area contributed by atoms with E-state index in [9.17, 15) is 4.39 Å². The Morgan fingerprint density at radius 2 is 2.21 bits per heavy atom. The van der Waals surface area contributed by atoms with Crippen molar-refractivity contribution in [3.63, 3.8) is 0 Å². The summed E-state index contributed by atoms with van der Waals surface area (Å²) in [5.41, 5.74) is 0.703. The van der Waals surface area contributed by atoms with E-state index in [1.165, 1.54) is 13.2 Å². The molecule has 1 fully saturated rings. The van der Waals surface area contributed by atoms with Crippen LogP contribution in [0.1, 0.15) is 18.4 Å². The molecule has 3 nitrogen and oxygen atoms in total. The standard InChI is InChI=1S/C14H19ClFNO2/c1-18-12-7-11(16)13(15)10(14(12)19-2)6-9-4-3-5-17-8-9/h7,9,17H,3-6,8H2,1-2H3. The molecule has 0 aliphatic carbocycles. The molecular formula is C14H19ClFNO2. The van der Waals surface area contributed by atoms with Crippen molar-refractivity contribution in [3.8, 4) is 11.5 Å². The van der Waals surface area contributed by atoms with Crippen molar-refractivity contribution in [1.82, 2.24) is 5.32 Å². The van der Waals surface area contributed by atoms with Gasteiger partial charge in [-0.05, 0) is 38.3 Å². The van der Waals surface area contributed by atoms with E-state index >= 15 is 0 Å². The lowest BCUT2D eigenvalue weighted by Gasteiger charge is -2.24. The minimum Gasteiger partial charge on any atom is -0.493 e. The maximum atomic E-state index is 13.8. The van der Waals surface area contributed by atoms with Gasteiger partial charge in [0.2, 0.25) is 0 Å². The van der Waals surface area contributed by atoms with Gasteiger partial charge in [-0.25, -0.2) is 4.39 Å². The van der Waals surface area contributed by atoms with Crippen molar-refractivity contribution >= 4 is 11.6 Å². The molecule has 19 heavy (non-hydrogen) atoms. The van der Waals surface area contributed by atoms with Gasteiger partial charge < -0.3 is 14.8 Å². The molecule has 1 aromatic carbocycles. The molecule has 1 saturated heterocycles. The van der Waals surface area contributed by atoms with Crippen molar-refractivity contribution in [2.75, 3.05) is 27.3 Å². The van der Waals surface area contributed by atoms with E-state index in [1.54, 1.807) is 7.11 Å². The van der Waals surface area contributed by atoms with Crippen LogP contribution in [0.5, 0.6) is 11.5 Å². The smallest absolute Gasteiger partial charge is 0.165 e. The van der Waals surface area contributed by atoms with Crippen molar-refractivity contribution in [3.05, 3.63) is 22.5 Å². The van der Waals surface area contributed by atoms with Crippen LogP contribution in [0.25, 0.3) is 0 Å². The van der Waals surface area contributed by atoms with Crippen LogP contribution < -0.4 is 14.8 Å². The normalized spacial score (nSPS) is 19.3. The molecule has 0 amide bonds. The summed E-state index contributed by atoms with van der Waals surface area (Å²) in [5.74, 6) is 0.924. The van der Waals surface area contributed by atoms with Gasteiger partial charge in [0.05, 0.1) is 19.2 Å². The Labute approximate surface area is 118 Å². The van der Waals surface area contributed by atoms with Crippen molar-refractivity contribution in [1.29, 1.82) is 0 Å². The summed E-state index contributed by atoms with van der Waals surface area (Å²) in [5, 5.41) is 3.49. The first-order valence-electron chi connectivity index (χ1n) is 6.47. The SMILES string of the molecule is COc1cc(F)c(Cl)c(CC2CCCNC2)c1OC. The molecule has 0 bridgehead atoms.